The van der Waals surface area contributed by atoms with Crippen molar-refractivity contribution in [2.75, 3.05) is 12.3 Å². The Kier molecular flexibility index (Phi) is 5.24. The smallest absolute Gasteiger partial charge is 0.167 e. The van der Waals surface area contributed by atoms with Crippen LogP contribution in [-0.2, 0) is 19.8 Å². The fourth-order valence-corrected chi connectivity index (χ4v) is 5.39. The third-order valence-corrected chi connectivity index (χ3v) is 7.19. The van der Waals surface area contributed by atoms with E-state index in [0.717, 1.165) is 16.7 Å². The molecule has 0 unspecified atom stereocenters. The maximum Gasteiger partial charge on any atom is 0.167 e. The van der Waals surface area contributed by atoms with Crippen LogP contribution in [0.2, 0.25) is 0 Å². The minimum absolute atomic E-state index is 0.0679. The molecule has 2 aliphatic heterocycles. The van der Waals surface area contributed by atoms with Crippen molar-refractivity contribution in [3.63, 3.8) is 0 Å². The molecule has 2 aromatic heterocycles. The highest BCUT2D eigenvalue weighted by atomic mass is 16.7. The number of aromatic nitrogens is 4. The van der Waals surface area contributed by atoms with E-state index in [2.05, 4.69) is 51.4 Å². The van der Waals surface area contributed by atoms with Crippen molar-refractivity contribution in [1.82, 2.24) is 19.5 Å². The highest BCUT2D eigenvalue weighted by Crippen LogP contribution is 2.47. The molecule has 4 atom stereocenters. The number of fused-ring (bicyclic) bond motifs is 2. The third-order valence-electron chi connectivity index (χ3n) is 7.19. The van der Waals surface area contributed by atoms with E-state index in [1.165, 1.54) is 6.33 Å². The van der Waals surface area contributed by atoms with Gasteiger partial charge in [0.05, 0.1) is 12.9 Å². The molecule has 2 fully saturated rings. The van der Waals surface area contributed by atoms with Crippen LogP contribution in [0.3, 0.4) is 0 Å². The van der Waals surface area contributed by atoms with Gasteiger partial charge in [-0.1, -0.05) is 91.0 Å². The lowest BCUT2D eigenvalue weighted by atomic mass is 9.80. The summed E-state index contributed by atoms with van der Waals surface area (Å²) in [5, 5.41) is 0. The molecular formula is C29H25N5O3. The van der Waals surface area contributed by atoms with E-state index in [4.69, 9.17) is 19.9 Å². The number of imidazole rings is 1. The normalized spacial score (nSPS) is 22.7. The first kappa shape index (κ1) is 22.1. The molecule has 7 rings (SSSR count). The number of hydrogen-bond donors (Lipinski definition) is 1. The third kappa shape index (κ3) is 3.61. The molecule has 37 heavy (non-hydrogen) atoms. The number of rotatable bonds is 7. The van der Waals surface area contributed by atoms with Gasteiger partial charge in [-0.2, -0.15) is 0 Å². The van der Waals surface area contributed by atoms with Crippen molar-refractivity contribution < 1.29 is 14.2 Å². The van der Waals surface area contributed by atoms with Crippen LogP contribution in [0.1, 0.15) is 22.9 Å². The molecule has 4 heterocycles. The molecule has 3 aromatic carbocycles. The van der Waals surface area contributed by atoms with E-state index >= 15 is 0 Å². The molecule has 0 saturated carbocycles. The van der Waals surface area contributed by atoms with E-state index < -0.39 is 5.60 Å². The lowest BCUT2D eigenvalue weighted by Crippen LogP contribution is -2.37. The lowest BCUT2D eigenvalue weighted by molar-refractivity contribution is -0.115. The second-order valence-electron chi connectivity index (χ2n) is 9.30. The molecule has 184 valence electrons. The average Bonchev–Trinajstić information content (AvgIpc) is 3.49. The number of nitrogens with two attached hydrogens (primary N) is 1. The number of nitrogen functional groups attached to an aromatic ring is 1. The quantitative estimate of drug-likeness (QED) is 0.270. The average molecular weight is 492 g/mol. The van der Waals surface area contributed by atoms with Gasteiger partial charge in [-0.05, 0) is 16.7 Å². The Morgan fingerprint density at radius 2 is 1.35 bits per heavy atom. The topological polar surface area (TPSA) is 101 Å². The number of hydrogen-bond acceptors (Lipinski definition) is 7. The van der Waals surface area contributed by atoms with Gasteiger partial charge in [0.15, 0.2) is 17.7 Å². The van der Waals surface area contributed by atoms with Crippen LogP contribution in [0.15, 0.2) is 104 Å². The Hall–Kier alpha value is -4.11. The van der Waals surface area contributed by atoms with Crippen LogP contribution in [0.5, 0.6) is 0 Å². The zero-order valence-corrected chi connectivity index (χ0v) is 19.9. The molecular weight excluding hydrogens is 466 g/mol. The monoisotopic (exact) mass is 491 g/mol. The lowest BCUT2D eigenvalue weighted by Gasteiger charge is -2.37. The number of nitrogens with zero attached hydrogens (tertiary/aromatic N) is 4. The summed E-state index contributed by atoms with van der Waals surface area (Å²) in [5.41, 5.74) is 9.48. The molecule has 2 aliphatic rings. The molecule has 0 radical (unpaired) electrons. The van der Waals surface area contributed by atoms with Crippen molar-refractivity contribution in [2.24, 2.45) is 0 Å². The largest absolute Gasteiger partial charge is 0.382 e. The van der Waals surface area contributed by atoms with Gasteiger partial charge in [0.1, 0.15) is 35.8 Å². The van der Waals surface area contributed by atoms with Crippen molar-refractivity contribution >= 4 is 17.0 Å². The first-order valence-electron chi connectivity index (χ1n) is 12.3. The van der Waals surface area contributed by atoms with Gasteiger partial charge in [-0.3, -0.25) is 4.57 Å². The summed E-state index contributed by atoms with van der Waals surface area (Å²) in [6.07, 6.45) is 2.33. The van der Waals surface area contributed by atoms with Crippen LogP contribution in [0.4, 0.5) is 5.82 Å². The van der Waals surface area contributed by atoms with Gasteiger partial charge in [0.2, 0.25) is 0 Å². The van der Waals surface area contributed by atoms with Crippen LogP contribution in [0.25, 0.3) is 11.2 Å². The summed E-state index contributed by atoms with van der Waals surface area (Å²) < 4.78 is 21.4. The van der Waals surface area contributed by atoms with Gasteiger partial charge < -0.3 is 19.9 Å². The predicted molar refractivity (Wildman–Crippen MR) is 137 cm³/mol. The molecule has 2 N–H and O–H groups in total. The molecule has 0 spiro atoms. The van der Waals surface area contributed by atoms with Crippen molar-refractivity contribution in [1.29, 1.82) is 0 Å². The molecule has 5 aromatic rings. The minimum Gasteiger partial charge on any atom is -0.382 e. The maximum atomic E-state index is 6.97. The van der Waals surface area contributed by atoms with Crippen molar-refractivity contribution in [3.05, 3.63) is 120 Å². The maximum absolute atomic E-state index is 6.97. The highest BCUT2D eigenvalue weighted by Gasteiger charge is 2.59. The fraction of sp³-hybridized carbons (Fsp3) is 0.207. The molecule has 8 heteroatoms. The van der Waals surface area contributed by atoms with E-state index in [9.17, 15) is 0 Å². The van der Waals surface area contributed by atoms with Gasteiger partial charge in [-0.25, -0.2) is 15.0 Å². The Morgan fingerprint density at radius 1 is 0.757 bits per heavy atom. The summed E-state index contributed by atoms with van der Waals surface area (Å²) >= 11 is 0. The number of anilines is 1. The molecule has 2 saturated heterocycles. The molecule has 0 aliphatic carbocycles. The summed E-state index contributed by atoms with van der Waals surface area (Å²) in [6.45, 7) is 0.333. The molecule has 0 amide bonds. The Labute approximate surface area is 213 Å². The summed E-state index contributed by atoms with van der Waals surface area (Å²) in [7, 11) is 0. The summed E-state index contributed by atoms with van der Waals surface area (Å²) in [4.78, 5) is 12.8. The first-order valence-corrected chi connectivity index (χ1v) is 12.3. The molecule has 8 nitrogen and oxygen atoms in total. The van der Waals surface area contributed by atoms with E-state index in [1.54, 1.807) is 6.33 Å². The van der Waals surface area contributed by atoms with Crippen molar-refractivity contribution in [2.45, 2.75) is 30.1 Å². The van der Waals surface area contributed by atoms with Gasteiger partial charge in [-0.15, -0.1) is 0 Å². The van der Waals surface area contributed by atoms with Gasteiger partial charge in [0.25, 0.3) is 0 Å². The first-order chi connectivity index (χ1) is 18.3. The SMILES string of the molecule is Nc1ncnc2c1ncn2[C@@H]1O[C@H](COC(c2ccccc2)(c2ccccc2)c2ccccc2)[C@@H]2O[C@@H]21. The van der Waals surface area contributed by atoms with E-state index in [-0.39, 0.29) is 24.5 Å². The van der Waals surface area contributed by atoms with Crippen LogP contribution < -0.4 is 5.73 Å². The standard InChI is InChI=1S/C29H25N5O3/c30-26-23-27(32-17-31-26)34(18-33-23)28-25-24(37-25)22(36-28)16-35-29(19-10-4-1-5-11-19,20-12-6-2-7-13-20)21-14-8-3-9-15-21/h1-15,17-18,22,24-25,28H,16H2,(H2,30,31,32)/t22-,24+,25+,28-/m1/s1. The Balaban J connectivity index is 1.23. The van der Waals surface area contributed by atoms with Crippen LogP contribution in [0, 0.1) is 0 Å². The Bertz CT molecular complexity index is 1430. The fourth-order valence-electron chi connectivity index (χ4n) is 5.39. The minimum atomic E-state index is -0.820. The number of epoxide rings is 1. The number of ether oxygens (including phenoxy) is 3. The van der Waals surface area contributed by atoms with Crippen LogP contribution in [-0.4, -0.2) is 44.4 Å². The van der Waals surface area contributed by atoms with Crippen LogP contribution >= 0.6 is 0 Å². The zero-order chi connectivity index (χ0) is 24.8. The summed E-state index contributed by atoms with van der Waals surface area (Å²) in [5.74, 6) is 0.341. The second-order valence-corrected chi connectivity index (χ2v) is 9.30. The second kappa shape index (κ2) is 8.77. The highest BCUT2D eigenvalue weighted by molar-refractivity contribution is 5.81. The van der Waals surface area contributed by atoms with Gasteiger partial charge in [0, 0.05) is 0 Å². The Morgan fingerprint density at radius 3 is 1.95 bits per heavy atom. The molecule has 0 bridgehead atoms. The van der Waals surface area contributed by atoms with Gasteiger partial charge >= 0.3 is 0 Å². The predicted octanol–water partition coefficient (Wildman–Crippen LogP) is 4.08. The zero-order valence-electron chi connectivity index (χ0n) is 19.9. The number of benzene rings is 3. The van der Waals surface area contributed by atoms with E-state index in [0.29, 0.717) is 23.6 Å². The van der Waals surface area contributed by atoms with E-state index in [1.807, 2.05) is 59.2 Å². The summed E-state index contributed by atoms with van der Waals surface area (Å²) in [6, 6.07) is 30.9. The van der Waals surface area contributed by atoms with Crippen molar-refractivity contribution in [3.8, 4) is 0 Å².